The molecule has 1 aromatic carbocycles. The van der Waals surface area contributed by atoms with Gasteiger partial charge in [0, 0.05) is 12.5 Å². The summed E-state index contributed by atoms with van der Waals surface area (Å²) in [6.45, 7) is 8.21. The quantitative estimate of drug-likeness (QED) is 0.905. The van der Waals surface area contributed by atoms with Gasteiger partial charge in [-0.05, 0) is 31.4 Å². The van der Waals surface area contributed by atoms with Crippen LogP contribution in [-0.4, -0.2) is 20.6 Å². The number of carboxylic acid groups (broad SMARTS) is 1. The number of benzene rings is 1. The zero-order valence-electron chi connectivity index (χ0n) is 12.6. The lowest BCUT2D eigenvalue weighted by molar-refractivity contribution is -0.139. The van der Waals surface area contributed by atoms with E-state index in [9.17, 15) is 4.79 Å². The maximum atomic E-state index is 11.0. The Morgan fingerprint density at radius 2 is 2.00 bits per heavy atom. The van der Waals surface area contributed by atoms with Gasteiger partial charge in [0.05, 0.1) is 17.5 Å². The molecule has 4 nitrogen and oxygen atoms in total. The highest BCUT2D eigenvalue weighted by atomic mass is 16.4. The van der Waals surface area contributed by atoms with Gasteiger partial charge in [0.2, 0.25) is 0 Å². The van der Waals surface area contributed by atoms with Crippen LogP contribution in [0.2, 0.25) is 0 Å². The molecule has 0 spiro atoms. The molecule has 108 valence electrons. The highest BCUT2D eigenvalue weighted by Gasteiger charge is 2.26. The summed E-state index contributed by atoms with van der Waals surface area (Å²) in [6, 6.07) is 8.36. The SMILES string of the molecule is CC(C)n1c(CC(C)(C)CC(=O)O)nc2ccccc21. The zero-order valence-corrected chi connectivity index (χ0v) is 12.6. The van der Waals surface area contributed by atoms with Crippen molar-refractivity contribution in [3.8, 4) is 0 Å². The topological polar surface area (TPSA) is 55.1 Å². The predicted octanol–water partition coefficient (Wildman–Crippen LogP) is 3.66. The Morgan fingerprint density at radius 1 is 1.35 bits per heavy atom. The van der Waals surface area contributed by atoms with Crippen LogP contribution >= 0.6 is 0 Å². The number of hydrogen-bond donors (Lipinski definition) is 1. The third kappa shape index (κ3) is 3.00. The number of nitrogens with zero attached hydrogens (tertiary/aromatic N) is 2. The molecule has 0 bridgehead atoms. The molecule has 0 radical (unpaired) electrons. The number of carboxylic acids is 1. The van der Waals surface area contributed by atoms with Gasteiger partial charge in [-0.1, -0.05) is 26.0 Å². The molecule has 0 atom stereocenters. The van der Waals surface area contributed by atoms with Crippen molar-refractivity contribution in [2.75, 3.05) is 0 Å². The van der Waals surface area contributed by atoms with Crippen molar-refractivity contribution in [2.45, 2.75) is 46.6 Å². The minimum Gasteiger partial charge on any atom is -0.481 e. The number of imidazole rings is 1. The van der Waals surface area contributed by atoms with Crippen LogP contribution in [0, 0.1) is 5.41 Å². The second kappa shape index (κ2) is 5.27. The van der Waals surface area contributed by atoms with Crippen molar-refractivity contribution in [1.29, 1.82) is 0 Å². The van der Waals surface area contributed by atoms with E-state index in [2.05, 4.69) is 24.5 Å². The van der Waals surface area contributed by atoms with E-state index in [1.54, 1.807) is 0 Å². The maximum absolute atomic E-state index is 11.0. The summed E-state index contributed by atoms with van der Waals surface area (Å²) >= 11 is 0. The van der Waals surface area contributed by atoms with E-state index in [-0.39, 0.29) is 11.8 Å². The second-order valence-electron chi connectivity index (χ2n) is 6.39. The van der Waals surface area contributed by atoms with Crippen LogP contribution in [0.15, 0.2) is 24.3 Å². The monoisotopic (exact) mass is 274 g/mol. The third-order valence-corrected chi connectivity index (χ3v) is 3.45. The van der Waals surface area contributed by atoms with E-state index in [0.29, 0.717) is 12.5 Å². The molecule has 1 heterocycles. The van der Waals surface area contributed by atoms with E-state index >= 15 is 0 Å². The Balaban J connectivity index is 2.43. The standard InChI is InChI=1S/C16H22N2O2/c1-11(2)18-13-8-6-5-7-12(13)17-14(18)9-16(3,4)10-15(19)20/h5-8,11H,9-10H2,1-4H3,(H,19,20). The van der Waals surface area contributed by atoms with Crippen LogP contribution in [0.1, 0.15) is 46.0 Å². The van der Waals surface area contributed by atoms with E-state index in [0.717, 1.165) is 16.9 Å². The second-order valence-corrected chi connectivity index (χ2v) is 6.39. The first-order valence-electron chi connectivity index (χ1n) is 6.98. The first-order chi connectivity index (χ1) is 9.30. The minimum absolute atomic E-state index is 0.147. The van der Waals surface area contributed by atoms with Crippen molar-refractivity contribution in [3.63, 3.8) is 0 Å². The lowest BCUT2D eigenvalue weighted by Gasteiger charge is -2.23. The Labute approximate surface area is 119 Å². The lowest BCUT2D eigenvalue weighted by Crippen LogP contribution is -2.22. The highest BCUT2D eigenvalue weighted by Crippen LogP contribution is 2.29. The summed E-state index contributed by atoms with van der Waals surface area (Å²) in [5.74, 6) is 0.203. The molecule has 0 unspecified atom stereocenters. The molecular formula is C16H22N2O2. The molecule has 1 N–H and O–H groups in total. The summed E-state index contributed by atoms with van der Waals surface area (Å²) in [7, 11) is 0. The molecule has 2 rings (SSSR count). The number of hydrogen-bond acceptors (Lipinski definition) is 2. The smallest absolute Gasteiger partial charge is 0.303 e. The van der Waals surface area contributed by atoms with E-state index < -0.39 is 5.97 Å². The predicted molar refractivity (Wildman–Crippen MR) is 79.9 cm³/mol. The van der Waals surface area contributed by atoms with Crippen molar-refractivity contribution in [2.24, 2.45) is 5.41 Å². The summed E-state index contributed by atoms with van der Waals surface area (Å²) in [4.78, 5) is 15.7. The Kier molecular flexibility index (Phi) is 3.84. The Morgan fingerprint density at radius 3 is 2.60 bits per heavy atom. The number of rotatable bonds is 5. The molecule has 4 heteroatoms. The average Bonchev–Trinajstić information content (AvgIpc) is 2.63. The molecule has 0 saturated heterocycles. The van der Waals surface area contributed by atoms with Crippen molar-refractivity contribution < 1.29 is 9.90 Å². The number of aliphatic carboxylic acids is 1. The van der Waals surface area contributed by atoms with E-state index in [4.69, 9.17) is 10.1 Å². The van der Waals surface area contributed by atoms with Crippen LogP contribution in [-0.2, 0) is 11.2 Å². The summed E-state index contributed by atoms with van der Waals surface area (Å²) < 4.78 is 2.21. The fraction of sp³-hybridized carbons (Fsp3) is 0.500. The highest BCUT2D eigenvalue weighted by molar-refractivity contribution is 5.76. The van der Waals surface area contributed by atoms with Crippen LogP contribution in [0.25, 0.3) is 11.0 Å². The van der Waals surface area contributed by atoms with Gasteiger partial charge in [0.25, 0.3) is 0 Å². The van der Waals surface area contributed by atoms with Gasteiger partial charge in [-0.2, -0.15) is 0 Å². The molecule has 0 aliphatic heterocycles. The summed E-state index contributed by atoms with van der Waals surface area (Å²) in [5, 5.41) is 9.02. The van der Waals surface area contributed by atoms with Gasteiger partial charge in [-0.15, -0.1) is 0 Å². The fourth-order valence-electron chi connectivity index (χ4n) is 2.70. The van der Waals surface area contributed by atoms with Gasteiger partial charge >= 0.3 is 5.97 Å². The van der Waals surface area contributed by atoms with E-state index in [1.807, 2.05) is 32.0 Å². The summed E-state index contributed by atoms with van der Waals surface area (Å²) in [6.07, 6.45) is 0.806. The van der Waals surface area contributed by atoms with Gasteiger partial charge in [0.15, 0.2) is 0 Å². The average molecular weight is 274 g/mol. The molecule has 0 aliphatic carbocycles. The molecular weight excluding hydrogens is 252 g/mol. The van der Waals surface area contributed by atoms with E-state index in [1.165, 1.54) is 0 Å². The number of para-hydroxylation sites is 2. The maximum Gasteiger partial charge on any atom is 0.303 e. The van der Waals surface area contributed by atoms with Gasteiger partial charge in [0.1, 0.15) is 5.82 Å². The van der Waals surface area contributed by atoms with Crippen LogP contribution in [0.5, 0.6) is 0 Å². The number of aromatic nitrogens is 2. The minimum atomic E-state index is -0.762. The van der Waals surface area contributed by atoms with Crippen molar-refractivity contribution in [1.82, 2.24) is 9.55 Å². The molecule has 1 aromatic heterocycles. The van der Waals surface area contributed by atoms with Gasteiger partial charge < -0.3 is 9.67 Å². The Bertz CT molecular complexity index is 626. The molecule has 0 amide bonds. The molecule has 0 fully saturated rings. The van der Waals surface area contributed by atoms with Crippen LogP contribution in [0.3, 0.4) is 0 Å². The van der Waals surface area contributed by atoms with Crippen LogP contribution < -0.4 is 0 Å². The largest absolute Gasteiger partial charge is 0.481 e. The van der Waals surface area contributed by atoms with Crippen molar-refractivity contribution >= 4 is 17.0 Å². The first kappa shape index (κ1) is 14.6. The molecule has 0 saturated carbocycles. The molecule has 0 aliphatic rings. The third-order valence-electron chi connectivity index (χ3n) is 3.45. The van der Waals surface area contributed by atoms with Gasteiger partial charge in [-0.25, -0.2) is 4.98 Å². The Hall–Kier alpha value is -1.84. The molecule has 20 heavy (non-hydrogen) atoms. The normalized spacial score (nSPS) is 12.2. The first-order valence-corrected chi connectivity index (χ1v) is 6.98. The van der Waals surface area contributed by atoms with Crippen LogP contribution in [0.4, 0.5) is 0 Å². The number of fused-ring (bicyclic) bond motifs is 1. The summed E-state index contributed by atoms with van der Waals surface area (Å²) in [5.41, 5.74) is 1.78. The zero-order chi connectivity index (χ0) is 14.9. The lowest BCUT2D eigenvalue weighted by atomic mass is 9.85. The van der Waals surface area contributed by atoms with Gasteiger partial charge in [-0.3, -0.25) is 4.79 Å². The molecule has 2 aromatic rings. The number of carbonyl (C=O) groups is 1. The van der Waals surface area contributed by atoms with Crippen molar-refractivity contribution in [3.05, 3.63) is 30.1 Å². The fourth-order valence-corrected chi connectivity index (χ4v) is 2.70.